The Hall–Kier alpha value is -3.76. The van der Waals surface area contributed by atoms with Gasteiger partial charge in [0.2, 0.25) is 0 Å². The van der Waals surface area contributed by atoms with Crippen LogP contribution in [0.4, 0.5) is 23.0 Å². The van der Waals surface area contributed by atoms with Crippen molar-refractivity contribution in [2.45, 2.75) is 0 Å². The van der Waals surface area contributed by atoms with Crippen LogP contribution in [0.15, 0.2) is 48.8 Å². The number of amides is 1. The minimum atomic E-state index is -0.509. The van der Waals surface area contributed by atoms with Gasteiger partial charge in [0.25, 0.3) is 5.91 Å². The molecule has 1 amide bonds. The summed E-state index contributed by atoms with van der Waals surface area (Å²) < 4.78 is 10.2. The van der Waals surface area contributed by atoms with E-state index in [1.807, 2.05) is 0 Å². The first-order valence-corrected chi connectivity index (χ1v) is 10.2. The maximum Gasteiger partial charge on any atom is 0.339 e. The minimum absolute atomic E-state index is 0.140. The molecule has 0 saturated carbocycles. The molecule has 0 bridgehead atoms. The van der Waals surface area contributed by atoms with Gasteiger partial charge in [-0.05, 0) is 30.3 Å². The second kappa shape index (κ2) is 10.7. The fraction of sp³-hybridized carbons (Fsp3) is 0.143. The normalized spacial score (nSPS) is 10.3. The van der Waals surface area contributed by atoms with Crippen molar-refractivity contribution in [1.82, 2.24) is 15.4 Å². The smallest absolute Gasteiger partial charge is 0.339 e. The number of para-hydroxylation sites is 1. The Balaban J connectivity index is 1.69. The number of hydrogen-bond acceptors (Lipinski definition) is 9. The van der Waals surface area contributed by atoms with Gasteiger partial charge in [0.1, 0.15) is 17.8 Å². The molecule has 4 N–H and O–H groups in total. The highest BCUT2D eigenvalue weighted by molar-refractivity contribution is 6.35. The molecular formula is C21H20Cl2N6O4. The molecule has 0 fully saturated rings. The van der Waals surface area contributed by atoms with E-state index in [0.717, 1.165) is 0 Å². The SMILES string of the molecule is COC(=O)c1ccccc1N(C)c1ncnc(NNC(=O)COc2ccc(Cl)cc2Cl)c1N. The van der Waals surface area contributed by atoms with E-state index in [-0.39, 0.29) is 23.1 Å². The third-order valence-corrected chi connectivity index (χ3v) is 4.95. The van der Waals surface area contributed by atoms with Gasteiger partial charge in [-0.2, -0.15) is 0 Å². The number of carbonyl (C=O) groups is 2. The summed E-state index contributed by atoms with van der Waals surface area (Å²) in [6.45, 7) is -0.321. The largest absolute Gasteiger partial charge is 0.482 e. The molecule has 12 heteroatoms. The van der Waals surface area contributed by atoms with Gasteiger partial charge in [0.15, 0.2) is 18.2 Å². The average molecular weight is 491 g/mol. The summed E-state index contributed by atoms with van der Waals surface area (Å²) in [7, 11) is 2.99. The monoisotopic (exact) mass is 490 g/mol. The Morgan fingerprint density at radius 2 is 1.91 bits per heavy atom. The first-order valence-electron chi connectivity index (χ1n) is 9.46. The summed E-state index contributed by atoms with van der Waals surface area (Å²) in [5, 5.41) is 0.732. The minimum Gasteiger partial charge on any atom is -0.482 e. The van der Waals surface area contributed by atoms with Gasteiger partial charge >= 0.3 is 5.97 Å². The van der Waals surface area contributed by atoms with Crippen molar-refractivity contribution >= 4 is 58.1 Å². The second-order valence-corrected chi connectivity index (χ2v) is 7.41. The lowest BCUT2D eigenvalue weighted by molar-refractivity contribution is -0.122. The Labute approximate surface area is 199 Å². The van der Waals surface area contributed by atoms with Gasteiger partial charge in [0, 0.05) is 12.1 Å². The van der Waals surface area contributed by atoms with Crippen molar-refractivity contribution in [2.24, 2.45) is 0 Å². The number of aromatic nitrogens is 2. The number of esters is 1. The van der Waals surface area contributed by atoms with Gasteiger partial charge < -0.3 is 20.1 Å². The van der Waals surface area contributed by atoms with Crippen LogP contribution in [-0.4, -0.2) is 42.6 Å². The van der Waals surface area contributed by atoms with E-state index in [2.05, 4.69) is 20.8 Å². The number of nitrogens with zero attached hydrogens (tertiary/aromatic N) is 3. The number of hydrazine groups is 1. The van der Waals surface area contributed by atoms with Gasteiger partial charge in [-0.25, -0.2) is 14.8 Å². The number of ether oxygens (including phenoxy) is 2. The standard InChI is InChI=1S/C21H20Cl2N6O4/c1-29(15-6-4-3-5-13(15)21(31)32-2)20-18(24)19(25-11-26-20)28-27-17(30)10-33-16-8-7-12(22)9-14(16)23/h3-9,11H,10,24H2,1-2H3,(H,27,30)(H,25,26,28). The van der Waals surface area contributed by atoms with Crippen LogP contribution >= 0.6 is 23.2 Å². The van der Waals surface area contributed by atoms with Crippen LogP contribution in [0.5, 0.6) is 5.75 Å². The lowest BCUT2D eigenvalue weighted by atomic mass is 10.1. The van der Waals surface area contributed by atoms with Crippen molar-refractivity contribution in [3.63, 3.8) is 0 Å². The maximum atomic E-state index is 12.2. The lowest BCUT2D eigenvalue weighted by Gasteiger charge is -2.23. The number of halogens is 2. The van der Waals surface area contributed by atoms with Crippen molar-refractivity contribution < 1.29 is 19.1 Å². The number of benzene rings is 2. The van der Waals surface area contributed by atoms with Crippen molar-refractivity contribution in [2.75, 3.05) is 36.8 Å². The number of nitrogens with one attached hydrogen (secondary N) is 2. The summed E-state index contributed by atoms with van der Waals surface area (Å²) in [6, 6.07) is 11.5. The predicted octanol–water partition coefficient (Wildman–Crippen LogP) is 3.44. The molecule has 0 atom stereocenters. The quantitative estimate of drug-likeness (QED) is 0.320. The maximum absolute atomic E-state index is 12.2. The first-order chi connectivity index (χ1) is 15.8. The topological polar surface area (TPSA) is 132 Å². The fourth-order valence-corrected chi connectivity index (χ4v) is 3.28. The van der Waals surface area contributed by atoms with Crippen LogP contribution in [-0.2, 0) is 9.53 Å². The number of nitrogens with two attached hydrogens (primary N) is 1. The number of methoxy groups -OCH3 is 1. The molecule has 0 spiro atoms. The van der Waals surface area contributed by atoms with Gasteiger partial charge in [0.05, 0.1) is 23.4 Å². The first kappa shape index (κ1) is 23.9. The molecule has 0 radical (unpaired) electrons. The van der Waals surface area contributed by atoms with Crippen molar-refractivity contribution in [3.8, 4) is 5.75 Å². The molecular weight excluding hydrogens is 471 g/mol. The second-order valence-electron chi connectivity index (χ2n) is 6.56. The Bertz CT molecular complexity index is 1180. The molecule has 0 aliphatic carbocycles. The summed E-state index contributed by atoms with van der Waals surface area (Å²) in [5.74, 6) is -0.241. The third kappa shape index (κ3) is 5.73. The lowest BCUT2D eigenvalue weighted by Crippen LogP contribution is -2.34. The molecule has 3 aromatic rings. The molecule has 172 valence electrons. The van der Waals surface area contributed by atoms with E-state index >= 15 is 0 Å². The van der Waals surface area contributed by atoms with Gasteiger partial charge in [-0.1, -0.05) is 35.3 Å². The molecule has 1 heterocycles. The van der Waals surface area contributed by atoms with Crippen LogP contribution in [0.25, 0.3) is 0 Å². The summed E-state index contributed by atoms with van der Waals surface area (Å²) >= 11 is 11.9. The summed E-state index contributed by atoms with van der Waals surface area (Å²) in [4.78, 5) is 34.1. The highest BCUT2D eigenvalue weighted by atomic mass is 35.5. The molecule has 10 nitrogen and oxygen atoms in total. The van der Waals surface area contributed by atoms with Crippen LogP contribution in [0, 0.1) is 0 Å². The Morgan fingerprint density at radius 3 is 2.64 bits per heavy atom. The highest BCUT2D eigenvalue weighted by Crippen LogP contribution is 2.32. The van der Waals surface area contributed by atoms with Crippen LogP contribution < -0.4 is 26.2 Å². The molecule has 0 aliphatic rings. The number of hydrogen-bond donors (Lipinski definition) is 3. The zero-order chi connectivity index (χ0) is 24.0. The molecule has 0 unspecified atom stereocenters. The summed E-state index contributed by atoms with van der Waals surface area (Å²) in [5.41, 5.74) is 12.3. The molecule has 0 saturated heterocycles. The Kier molecular flexibility index (Phi) is 7.75. The molecule has 1 aromatic heterocycles. The van der Waals surface area contributed by atoms with Crippen molar-refractivity contribution in [3.05, 3.63) is 64.4 Å². The van der Waals surface area contributed by atoms with Gasteiger partial charge in [-0.3, -0.25) is 15.6 Å². The van der Waals surface area contributed by atoms with E-state index < -0.39 is 11.9 Å². The molecule has 0 aliphatic heterocycles. The number of nitrogen functional groups attached to an aromatic ring is 1. The van der Waals surface area contributed by atoms with E-state index in [9.17, 15) is 9.59 Å². The zero-order valence-electron chi connectivity index (χ0n) is 17.6. The van der Waals surface area contributed by atoms with E-state index in [1.165, 1.54) is 19.5 Å². The van der Waals surface area contributed by atoms with Gasteiger partial charge in [-0.15, -0.1) is 0 Å². The molecule has 33 heavy (non-hydrogen) atoms. The molecule has 2 aromatic carbocycles. The number of carbonyl (C=O) groups excluding carboxylic acids is 2. The Morgan fingerprint density at radius 1 is 1.15 bits per heavy atom. The van der Waals surface area contributed by atoms with E-state index in [4.69, 9.17) is 38.4 Å². The predicted molar refractivity (Wildman–Crippen MR) is 126 cm³/mol. The zero-order valence-corrected chi connectivity index (χ0v) is 19.1. The van der Waals surface area contributed by atoms with Crippen LogP contribution in [0.3, 0.4) is 0 Å². The molecule has 3 rings (SSSR count). The van der Waals surface area contributed by atoms with E-state index in [0.29, 0.717) is 27.8 Å². The number of rotatable bonds is 8. The third-order valence-electron chi connectivity index (χ3n) is 4.42. The van der Waals surface area contributed by atoms with Crippen molar-refractivity contribution in [1.29, 1.82) is 0 Å². The van der Waals surface area contributed by atoms with E-state index in [1.54, 1.807) is 48.3 Å². The number of anilines is 4. The summed E-state index contributed by atoms with van der Waals surface area (Å²) in [6.07, 6.45) is 1.27. The average Bonchev–Trinajstić information content (AvgIpc) is 2.82. The van der Waals surface area contributed by atoms with Crippen LogP contribution in [0.1, 0.15) is 10.4 Å². The fourth-order valence-electron chi connectivity index (χ4n) is 2.82. The highest BCUT2D eigenvalue weighted by Gasteiger charge is 2.19. The van der Waals surface area contributed by atoms with Crippen LogP contribution in [0.2, 0.25) is 10.0 Å².